The Labute approximate surface area is 154 Å². The topological polar surface area (TPSA) is 103 Å². The van der Waals surface area contributed by atoms with Crippen LogP contribution in [0, 0.1) is 11.3 Å². The van der Waals surface area contributed by atoms with E-state index >= 15 is 0 Å². The van der Waals surface area contributed by atoms with E-state index in [4.69, 9.17) is 27.8 Å². The van der Waals surface area contributed by atoms with E-state index in [1.54, 1.807) is 16.8 Å². The van der Waals surface area contributed by atoms with Crippen molar-refractivity contribution in [2.75, 3.05) is 5.73 Å². The molecule has 3 aromatic rings. The Hall–Kier alpha value is -3.43. The van der Waals surface area contributed by atoms with Gasteiger partial charge in [-0.2, -0.15) is 9.94 Å². The highest BCUT2D eigenvalue weighted by molar-refractivity contribution is 6.30. The smallest absolute Gasteiger partial charge is 0.231 e. The van der Waals surface area contributed by atoms with Crippen molar-refractivity contribution in [3.05, 3.63) is 82.2 Å². The molecule has 4 rings (SSSR count). The second-order valence-electron chi connectivity index (χ2n) is 5.83. The monoisotopic (exact) mass is 363 g/mol. The lowest BCUT2D eigenvalue weighted by Gasteiger charge is -2.24. The summed E-state index contributed by atoms with van der Waals surface area (Å²) in [5.41, 5.74) is 14.8. The number of hydrogen-bond donors (Lipinski definition) is 2. The lowest BCUT2D eigenvalue weighted by atomic mass is 9.85. The number of ether oxygens (including phenoxy) is 1. The van der Waals surface area contributed by atoms with Gasteiger partial charge in [0.25, 0.3) is 0 Å². The zero-order valence-corrected chi connectivity index (χ0v) is 14.3. The first-order valence-corrected chi connectivity index (χ1v) is 8.25. The molecule has 0 saturated heterocycles. The number of para-hydroxylation sites is 1. The number of nitrogen functional groups attached to an aromatic ring is 1. The number of aromatic nitrogens is 2. The van der Waals surface area contributed by atoms with E-state index < -0.39 is 5.92 Å². The van der Waals surface area contributed by atoms with E-state index in [1.165, 1.54) is 0 Å². The molecule has 2 heterocycles. The Balaban J connectivity index is 1.95. The summed E-state index contributed by atoms with van der Waals surface area (Å²) < 4.78 is 7.34. The fraction of sp³-hybridized carbons (Fsp3) is 0.0526. The van der Waals surface area contributed by atoms with Crippen LogP contribution in [0.1, 0.15) is 17.0 Å². The van der Waals surface area contributed by atoms with Gasteiger partial charge in [-0.15, -0.1) is 5.10 Å². The molecule has 0 spiro atoms. The van der Waals surface area contributed by atoms with E-state index in [1.807, 2.05) is 42.5 Å². The number of nitrogens with zero attached hydrogens (tertiary/aromatic N) is 3. The molecule has 1 aliphatic heterocycles. The molecule has 6 nitrogen and oxygen atoms in total. The number of fused-ring (bicyclic) bond motifs is 1. The summed E-state index contributed by atoms with van der Waals surface area (Å²) in [7, 11) is 0. The Morgan fingerprint density at radius 1 is 1.08 bits per heavy atom. The quantitative estimate of drug-likeness (QED) is 0.726. The molecule has 0 aliphatic carbocycles. The second-order valence-corrected chi connectivity index (χ2v) is 6.26. The van der Waals surface area contributed by atoms with Crippen LogP contribution in [-0.4, -0.2) is 9.78 Å². The molecule has 128 valence electrons. The molecule has 7 heteroatoms. The van der Waals surface area contributed by atoms with Gasteiger partial charge in [-0.3, -0.25) is 0 Å². The highest BCUT2D eigenvalue weighted by Gasteiger charge is 2.36. The molecule has 1 atom stereocenters. The first kappa shape index (κ1) is 16.1. The van der Waals surface area contributed by atoms with Crippen LogP contribution in [0.5, 0.6) is 5.88 Å². The minimum atomic E-state index is -0.474. The third-order valence-corrected chi connectivity index (χ3v) is 4.53. The van der Waals surface area contributed by atoms with Crippen molar-refractivity contribution in [3.63, 3.8) is 0 Å². The molecule has 2 aromatic carbocycles. The van der Waals surface area contributed by atoms with Gasteiger partial charge in [0.1, 0.15) is 11.6 Å². The zero-order chi connectivity index (χ0) is 18.3. The maximum absolute atomic E-state index is 9.63. The van der Waals surface area contributed by atoms with E-state index in [2.05, 4.69) is 11.2 Å². The Kier molecular flexibility index (Phi) is 3.79. The molecular formula is C19H14ClN5O. The van der Waals surface area contributed by atoms with Crippen LogP contribution < -0.4 is 16.2 Å². The number of nitrogens with two attached hydrogens (primary N) is 2. The fourth-order valence-corrected chi connectivity index (χ4v) is 3.22. The van der Waals surface area contributed by atoms with E-state index in [9.17, 15) is 5.26 Å². The predicted octanol–water partition coefficient (Wildman–Crippen LogP) is 3.33. The van der Waals surface area contributed by atoms with Gasteiger partial charge in [-0.1, -0.05) is 41.9 Å². The summed E-state index contributed by atoms with van der Waals surface area (Å²) in [4.78, 5) is 0. The average molecular weight is 364 g/mol. The summed E-state index contributed by atoms with van der Waals surface area (Å²) in [6, 6.07) is 18.8. The lowest BCUT2D eigenvalue weighted by Crippen LogP contribution is -2.22. The molecular weight excluding hydrogens is 350 g/mol. The van der Waals surface area contributed by atoms with Gasteiger partial charge in [0, 0.05) is 5.02 Å². The summed E-state index contributed by atoms with van der Waals surface area (Å²) in [5.74, 6) is 0.254. The van der Waals surface area contributed by atoms with Crippen molar-refractivity contribution in [2.45, 2.75) is 5.92 Å². The van der Waals surface area contributed by atoms with E-state index in [-0.39, 0.29) is 11.7 Å². The molecule has 26 heavy (non-hydrogen) atoms. The summed E-state index contributed by atoms with van der Waals surface area (Å²) in [6.07, 6.45) is 0. The molecule has 0 bridgehead atoms. The number of anilines is 1. The molecule has 0 amide bonds. The number of rotatable bonds is 2. The predicted molar refractivity (Wildman–Crippen MR) is 98.7 cm³/mol. The standard InChI is InChI=1S/C19H14ClN5O/c20-12-8-6-11(7-9-12)15-14(10-21)18(23)26-19-16(15)17(22)24-25(19)13-4-2-1-3-5-13/h1-9,15H,23H2,(H2,22,24). The highest BCUT2D eigenvalue weighted by Crippen LogP contribution is 2.45. The zero-order valence-electron chi connectivity index (χ0n) is 13.6. The fourth-order valence-electron chi connectivity index (χ4n) is 3.10. The molecule has 4 N–H and O–H groups in total. The van der Waals surface area contributed by atoms with Gasteiger partial charge >= 0.3 is 0 Å². The van der Waals surface area contributed by atoms with Crippen LogP contribution in [0.15, 0.2) is 66.1 Å². The lowest BCUT2D eigenvalue weighted by molar-refractivity contribution is 0.367. The minimum Gasteiger partial charge on any atom is -0.422 e. The summed E-state index contributed by atoms with van der Waals surface area (Å²) in [5, 5.41) is 14.6. The van der Waals surface area contributed by atoms with Crippen LogP contribution in [-0.2, 0) is 0 Å². The third kappa shape index (κ3) is 2.46. The average Bonchev–Trinajstić information content (AvgIpc) is 2.98. The van der Waals surface area contributed by atoms with Crippen molar-refractivity contribution in [1.29, 1.82) is 5.26 Å². The van der Waals surface area contributed by atoms with Crippen molar-refractivity contribution in [1.82, 2.24) is 9.78 Å². The Morgan fingerprint density at radius 3 is 2.42 bits per heavy atom. The Morgan fingerprint density at radius 2 is 1.77 bits per heavy atom. The molecule has 1 aliphatic rings. The van der Waals surface area contributed by atoms with Crippen LogP contribution in [0.2, 0.25) is 5.02 Å². The molecule has 1 aromatic heterocycles. The maximum Gasteiger partial charge on any atom is 0.231 e. The number of nitriles is 1. The van der Waals surface area contributed by atoms with Crippen molar-refractivity contribution < 1.29 is 4.74 Å². The highest BCUT2D eigenvalue weighted by atomic mass is 35.5. The normalized spacial score (nSPS) is 15.9. The SMILES string of the molecule is N#CC1=C(N)Oc2c(c(N)nn2-c2ccccc2)C1c1ccc(Cl)cc1. The number of halogens is 1. The third-order valence-electron chi connectivity index (χ3n) is 4.28. The van der Waals surface area contributed by atoms with Gasteiger partial charge in [-0.05, 0) is 29.8 Å². The van der Waals surface area contributed by atoms with Gasteiger partial charge in [-0.25, -0.2) is 0 Å². The number of benzene rings is 2. The van der Waals surface area contributed by atoms with Gasteiger partial charge in [0.15, 0.2) is 5.82 Å². The summed E-state index contributed by atoms with van der Waals surface area (Å²) in [6.45, 7) is 0. The van der Waals surface area contributed by atoms with Crippen LogP contribution in [0.4, 0.5) is 5.82 Å². The molecule has 0 saturated carbocycles. The van der Waals surface area contributed by atoms with Crippen LogP contribution >= 0.6 is 11.6 Å². The second kappa shape index (κ2) is 6.14. The van der Waals surface area contributed by atoms with Crippen molar-refractivity contribution in [2.24, 2.45) is 5.73 Å². The van der Waals surface area contributed by atoms with Crippen LogP contribution in [0.3, 0.4) is 0 Å². The van der Waals surface area contributed by atoms with Crippen molar-refractivity contribution >= 4 is 17.4 Å². The molecule has 1 unspecified atom stereocenters. The summed E-state index contributed by atoms with van der Waals surface area (Å²) >= 11 is 6.00. The van der Waals surface area contributed by atoms with Crippen molar-refractivity contribution in [3.8, 4) is 17.6 Å². The maximum atomic E-state index is 9.63. The first-order chi connectivity index (χ1) is 12.6. The van der Waals surface area contributed by atoms with Gasteiger partial charge in [0.05, 0.1) is 17.2 Å². The van der Waals surface area contributed by atoms with Gasteiger partial charge < -0.3 is 16.2 Å². The molecule has 0 fully saturated rings. The number of allylic oxidation sites excluding steroid dienone is 1. The largest absolute Gasteiger partial charge is 0.422 e. The minimum absolute atomic E-state index is 0.0389. The van der Waals surface area contributed by atoms with Gasteiger partial charge in [0.2, 0.25) is 11.8 Å². The Bertz CT molecular complexity index is 1050. The number of hydrogen-bond acceptors (Lipinski definition) is 5. The molecule has 0 radical (unpaired) electrons. The first-order valence-electron chi connectivity index (χ1n) is 7.87. The van der Waals surface area contributed by atoms with E-state index in [0.717, 1.165) is 11.3 Å². The van der Waals surface area contributed by atoms with Crippen LogP contribution in [0.25, 0.3) is 5.69 Å². The van der Waals surface area contributed by atoms with E-state index in [0.29, 0.717) is 22.0 Å².